The number of hydrogen-bond donors (Lipinski definition) is 2. The van der Waals surface area contributed by atoms with Gasteiger partial charge in [-0.3, -0.25) is 0 Å². The number of nitrogens with one attached hydrogen (secondary N) is 1. The number of carboxylic acid groups (broad SMARTS) is 1. The minimum atomic E-state index is -0.905. The topological polar surface area (TPSA) is 94.5 Å². The average molecular weight is 409 g/mol. The smallest absolute Gasteiger partial charge is 0.407 e. The van der Waals surface area contributed by atoms with E-state index >= 15 is 0 Å². The molecule has 1 amide bonds. The molecule has 0 bridgehead atoms. The zero-order chi connectivity index (χ0) is 20.5. The fraction of sp³-hybridized carbons (Fsp3) is 0.444. The second-order valence-electron chi connectivity index (χ2n) is 7.67. The summed E-state index contributed by atoms with van der Waals surface area (Å²) in [5, 5.41) is 12.2. The maximum absolute atomic E-state index is 13.8. The lowest BCUT2D eigenvalue weighted by atomic mass is 9.84. The summed E-state index contributed by atoms with van der Waals surface area (Å²) in [5.74, 6) is 0.0785. The van der Waals surface area contributed by atoms with Crippen LogP contribution in [0.25, 0.3) is 0 Å². The van der Waals surface area contributed by atoms with E-state index in [0.29, 0.717) is 25.3 Å². The summed E-state index contributed by atoms with van der Waals surface area (Å²) in [6.45, 7) is 7.58. The lowest BCUT2D eigenvalue weighted by molar-refractivity contribution is 0.0747. The van der Waals surface area contributed by atoms with Crippen molar-refractivity contribution < 1.29 is 14.3 Å². The molecule has 3 rings (SSSR count). The molecule has 0 radical (unpaired) electrons. The first-order chi connectivity index (χ1) is 13.1. The number of carbonyl (C=O) groups is 1. The summed E-state index contributed by atoms with van der Waals surface area (Å²) >= 11 is 5.70. The molecule has 1 atom stereocenters. The van der Waals surface area contributed by atoms with Crippen LogP contribution in [0.2, 0.25) is 5.28 Å². The van der Waals surface area contributed by atoms with Gasteiger partial charge in [0.25, 0.3) is 0 Å². The van der Waals surface area contributed by atoms with Gasteiger partial charge in [0.15, 0.2) is 11.6 Å². The third-order valence-corrected chi connectivity index (χ3v) is 4.86. The SMILES string of the molecule is CC(C)(C)C1CN(c2ccc(Nc3nc(Cl)ncc3F)cn2)CCN1C(=O)O. The van der Waals surface area contributed by atoms with Crippen molar-refractivity contribution in [3.05, 3.63) is 35.6 Å². The van der Waals surface area contributed by atoms with Gasteiger partial charge in [-0.1, -0.05) is 20.8 Å². The highest BCUT2D eigenvalue weighted by atomic mass is 35.5. The van der Waals surface area contributed by atoms with Crippen LogP contribution in [0.4, 0.5) is 26.5 Å². The fourth-order valence-corrected chi connectivity index (χ4v) is 3.31. The van der Waals surface area contributed by atoms with Gasteiger partial charge in [0, 0.05) is 19.6 Å². The van der Waals surface area contributed by atoms with E-state index < -0.39 is 11.9 Å². The van der Waals surface area contributed by atoms with Gasteiger partial charge in [0.1, 0.15) is 5.82 Å². The molecule has 0 spiro atoms. The van der Waals surface area contributed by atoms with Gasteiger partial charge in [0.05, 0.1) is 24.1 Å². The molecule has 1 fully saturated rings. The Morgan fingerprint density at radius 3 is 2.64 bits per heavy atom. The van der Waals surface area contributed by atoms with Gasteiger partial charge in [0.2, 0.25) is 5.28 Å². The van der Waals surface area contributed by atoms with E-state index in [9.17, 15) is 14.3 Å². The van der Waals surface area contributed by atoms with Gasteiger partial charge in [-0.25, -0.2) is 19.2 Å². The first-order valence-electron chi connectivity index (χ1n) is 8.81. The summed E-state index contributed by atoms with van der Waals surface area (Å²) < 4.78 is 13.8. The molecule has 1 unspecified atom stereocenters. The molecule has 8 nitrogen and oxygen atoms in total. The van der Waals surface area contributed by atoms with Crippen LogP contribution in [0.5, 0.6) is 0 Å². The second-order valence-corrected chi connectivity index (χ2v) is 8.01. The summed E-state index contributed by atoms with van der Waals surface area (Å²) in [6, 6.07) is 3.41. The second kappa shape index (κ2) is 7.75. The molecule has 0 aromatic carbocycles. The van der Waals surface area contributed by atoms with E-state index in [0.717, 1.165) is 12.0 Å². The number of nitrogens with zero attached hydrogens (tertiary/aromatic N) is 5. The van der Waals surface area contributed by atoms with Crippen molar-refractivity contribution in [3.8, 4) is 0 Å². The van der Waals surface area contributed by atoms with Crippen LogP contribution in [-0.2, 0) is 0 Å². The quantitative estimate of drug-likeness (QED) is 0.749. The lowest BCUT2D eigenvalue weighted by Gasteiger charge is -2.46. The van der Waals surface area contributed by atoms with Gasteiger partial charge in [-0.15, -0.1) is 0 Å². The first-order valence-corrected chi connectivity index (χ1v) is 9.18. The van der Waals surface area contributed by atoms with Gasteiger partial charge < -0.3 is 20.2 Å². The molecule has 1 aliphatic rings. The van der Waals surface area contributed by atoms with Crippen LogP contribution in [0, 0.1) is 11.2 Å². The maximum Gasteiger partial charge on any atom is 0.407 e. The Hall–Kier alpha value is -2.68. The summed E-state index contributed by atoms with van der Waals surface area (Å²) in [6.07, 6.45) is 1.66. The van der Waals surface area contributed by atoms with E-state index in [1.54, 1.807) is 18.3 Å². The molecule has 1 saturated heterocycles. The van der Waals surface area contributed by atoms with Crippen molar-refractivity contribution in [2.24, 2.45) is 5.41 Å². The van der Waals surface area contributed by atoms with E-state index in [2.05, 4.69) is 25.2 Å². The molecular weight excluding hydrogens is 387 g/mol. The van der Waals surface area contributed by atoms with E-state index in [-0.39, 0.29) is 22.6 Å². The zero-order valence-corrected chi connectivity index (χ0v) is 16.6. The van der Waals surface area contributed by atoms with Crippen molar-refractivity contribution in [2.75, 3.05) is 29.9 Å². The largest absolute Gasteiger partial charge is 0.465 e. The van der Waals surface area contributed by atoms with Gasteiger partial charge in [-0.05, 0) is 29.1 Å². The molecule has 3 heterocycles. The average Bonchev–Trinajstić information content (AvgIpc) is 2.64. The number of piperazine rings is 1. The summed E-state index contributed by atoms with van der Waals surface area (Å²) in [4.78, 5) is 26.9. The monoisotopic (exact) mass is 408 g/mol. The number of amides is 1. The molecule has 2 N–H and O–H groups in total. The number of pyridine rings is 1. The molecule has 0 saturated carbocycles. The number of hydrogen-bond acceptors (Lipinski definition) is 6. The Labute approximate surface area is 167 Å². The number of halogens is 2. The zero-order valence-electron chi connectivity index (χ0n) is 15.9. The summed E-state index contributed by atoms with van der Waals surface area (Å²) in [5.41, 5.74) is 0.344. The van der Waals surface area contributed by atoms with Gasteiger partial charge >= 0.3 is 6.09 Å². The molecule has 150 valence electrons. The number of aromatic nitrogens is 3. The molecule has 1 aliphatic heterocycles. The molecular formula is C18H22ClFN6O2. The third kappa shape index (κ3) is 4.41. The molecule has 0 aliphatic carbocycles. The predicted molar refractivity (Wildman–Crippen MR) is 105 cm³/mol. The Balaban J connectivity index is 1.74. The van der Waals surface area contributed by atoms with Crippen molar-refractivity contribution in [1.82, 2.24) is 19.9 Å². The van der Waals surface area contributed by atoms with Crippen molar-refractivity contribution in [1.29, 1.82) is 0 Å². The van der Waals surface area contributed by atoms with E-state index in [1.807, 2.05) is 20.8 Å². The Kier molecular flexibility index (Phi) is 5.55. The third-order valence-electron chi connectivity index (χ3n) is 4.68. The Bertz CT molecular complexity index is 858. The number of anilines is 3. The summed E-state index contributed by atoms with van der Waals surface area (Å²) in [7, 11) is 0. The van der Waals surface area contributed by atoms with E-state index in [4.69, 9.17) is 11.6 Å². The van der Waals surface area contributed by atoms with Crippen LogP contribution in [-0.4, -0.2) is 56.7 Å². The highest BCUT2D eigenvalue weighted by Crippen LogP contribution is 2.30. The van der Waals surface area contributed by atoms with Crippen LogP contribution in [0.3, 0.4) is 0 Å². The highest BCUT2D eigenvalue weighted by molar-refractivity contribution is 6.28. The fourth-order valence-electron chi connectivity index (χ4n) is 3.18. The minimum Gasteiger partial charge on any atom is -0.465 e. The molecule has 28 heavy (non-hydrogen) atoms. The van der Waals surface area contributed by atoms with Crippen LogP contribution >= 0.6 is 11.6 Å². The van der Waals surface area contributed by atoms with Crippen molar-refractivity contribution >= 4 is 35.0 Å². The van der Waals surface area contributed by atoms with Crippen LogP contribution < -0.4 is 10.2 Å². The maximum atomic E-state index is 13.8. The normalized spacial score (nSPS) is 17.5. The highest BCUT2D eigenvalue weighted by Gasteiger charge is 2.38. The number of rotatable bonds is 3. The minimum absolute atomic E-state index is 0.0302. The molecule has 10 heteroatoms. The lowest BCUT2D eigenvalue weighted by Crippen LogP contribution is -2.59. The van der Waals surface area contributed by atoms with Crippen LogP contribution in [0.1, 0.15) is 20.8 Å². The van der Waals surface area contributed by atoms with Gasteiger partial charge in [-0.2, -0.15) is 4.98 Å². The predicted octanol–water partition coefficient (Wildman–Crippen LogP) is 3.62. The van der Waals surface area contributed by atoms with E-state index in [1.165, 1.54) is 4.90 Å². The Morgan fingerprint density at radius 1 is 1.29 bits per heavy atom. The standard InChI is InChI=1S/C18H22ClFN6O2/c1-18(2,3)13-10-25(6-7-26(13)17(27)28)14-5-4-11(8-21-14)23-15-12(20)9-22-16(19)24-15/h4-5,8-9,13H,6-7,10H2,1-3H3,(H,27,28)(H,22,23,24). The molecule has 2 aromatic heterocycles. The first kappa shape index (κ1) is 20.1. The van der Waals surface area contributed by atoms with Crippen molar-refractivity contribution in [3.63, 3.8) is 0 Å². The van der Waals surface area contributed by atoms with Crippen molar-refractivity contribution in [2.45, 2.75) is 26.8 Å². The Morgan fingerprint density at radius 2 is 2.04 bits per heavy atom. The molecule has 2 aromatic rings. The van der Waals surface area contributed by atoms with Crippen LogP contribution in [0.15, 0.2) is 24.5 Å².